The first kappa shape index (κ1) is 12.7. The van der Waals surface area contributed by atoms with Crippen LogP contribution in [0.5, 0.6) is 0 Å². The van der Waals surface area contributed by atoms with E-state index in [-0.39, 0.29) is 10.1 Å². The van der Waals surface area contributed by atoms with Gasteiger partial charge in [-0.25, -0.2) is 0 Å². The van der Waals surface area contributed by atoms with Crippen molar-refractivity contribution in [3.05, 3.63) is 34.9 Å². The van der Waals surface area contributed by atoms with Crippen molar-refractivity contribution in [3.63, 3.8) is 0 Å². The molecule has 1 saturated heterocycles. The summed E-state index contributed by atoms with van der Waals surface area (Å²) in [6.45, 7) is 3.86. The van der Waals surface area contributed by atoms with Gasteiger partial charge in [-0.15, -0.1) is 11.8 Å². The molecule has 5 heteroatoms. The smallest absolute Gasteiger partial charge is 0.322 e. The molecule has 0 aliphatic carbocycles. The van der Waals surface area contributed by atoms with Gasteiger partial charge >= 0.3 is 5.97 Å². The van der Waals surface area contributed by atoms with Gasteiger partial charge in [0.25, 0.3) is 0 Å². The molecule has 0 radical (unpaired) electrons. The Labute approximate surface area is 110 Å². The number of carboxylic acid groups (broad SMARTS) is 1. The molecule has 0 aromatic heterocycles. The SMILES string of the molecule is CC1(C)SC(c2ccccc2Cl)NC1C(=O)O. The van der Waals surface area contributed by atoms with Crippen molar-refractivity contribution in [1.82, 2.24) is 5.32 Å². The Morgan fingerprint density at radius 1 is 1.47 bits per heavy atom. The van der Waals surface area contributed by atoms with Gasteiger partial charge in [-0.05, 0) is 25.5 Å². The van der Waals surface area contributed by atoms with Crippen LogP contribution in [-0.2, 0) is 4.79 Å². The van der Waals surface area contributed by atoms with Gasteiger partial charge in [-0.1, -0.05) is 29.8 Å². The zero-order chi connectivity index (χ0) is 12.6. The van der Waals surface area contributed by atoms with Crippen LogP contribution in [0.3, 0.4) is 0 Å². The maximum atomic E-state index is 11.2. The number of hydrogen-bond acceptors (Lipinski definition) is 3. The third-order valence-corrected chi connectivity index (χ3v) is 4.68. The van der Waals surface area contributed by atoms with Crippen LogP contribution in [0.1, 0.15) is 24.8 Å². The molecule has 92 valence electrons. The predicted molar refractivity (Wildman–Crippen MR) is 70.4 cm³/mol. The summed E-state index contributed by atoms with van der Waals surface area (Å²) < 4.78 is -0.352. The summed E-state index contributed by atoms with van der Waals surface area (Å²) in [5.41, 5.74) is 0.941. The molecule has 1 aliphatic heterocycles. The van der Waals surface area contributed by atoms with Crippen LogP contribution < -0.4 is 5.32 Å². The second-order valence-corrected chi connectivity index (χ2v) is 6.73. The Bertz CT molecular complexity index is 450. The highest BCUT2D eigenvalue weighted by Gasteiger charge is 2.45. The van der Waals surface area contributed by atoms with Gasteiger partial charge in [-0.3, -0.25) is 10.1 Å². The number of aliphatic carboxylic acids is 1. The number of hydrogen-bond donors (Lipinski definition) is 2. The van der Waals surface area contributed by atoms with E-state index in [2.05, 4.69) is 5.32 Å². The van der Waals surface area contributed by atoms with Crippen LogP contribution >= 0.6 is 23.4 Å². The molecule has 0 amide bonds. The van der Waals surface area contributed by atoms with Crippen LogP contribution in [-0.4, -0.2) is 21.9 Å². The Balaban J connectivity index is 2.28. The summed E-state index contributed by atoms with van der Waals surface area (Å²) in [5, 5.41) is 12.9. The Hall–Kier alpha value is -0.710. The largest absolute Gasteiger partial charge is 0.480 e. The average Bonchev–Trinajstić information content (AvgIpc) is 2.55. The fraction of sp³-hybridized carbons (Fsp3) is 0.417. The van der Waals surface area contributed by atoms with E-state index in [1.807, 2.05) is 38.1 Å². The number of carboxylic acids is 1. The average molecular weight is 272 g/mol. The number of rotatable bonds is 2. The predicted octanol–water partition coefficient (Wildman–Crippen LogP) is 2.91. The number of benzene rings is 1. The zero-order valence-electron chi connectivity index (χ0n) is 9.61. The highest BCUT2D eigenvalue weighted by atomic mass is 35.5. The van der Waals surface area contributed by atoms with Gasteiger partial charge in [0.1, 0.15) is 6.04 Å². The summed E-state index contributed by atoms with van der Waals surface area (Å²) in [4.78, 5) is 11.2. The third kappa shape index (κ3) is 2.44. The molecule has 0 spiro atoms. The summed E-state index contributed by atoms with van der Waals surface area (Å²) in [5.74, 6) is -0.822. The van der Waals surface area contributed by atoms with Crippen molar-refractivity contribution in [3.8, 4) is 0 Å². The molecule has 1 aliphatic rings. The molecule has 1 aromatic carbocycles. The molecule has 17 heavy (non-hydrogen) atoms. The number of halogens is 1. The van der Waals surface area contributed by atoms with E-state index in [0.29, 0.717) is 5.02 Å². The van der Waals surface area contributed by atoms with E-state index >= 15 is 0 Å². The summed E-state index contributed by atoms with van der Waals surface area (Å²) >= 11 is 7.72. The zero-order valence-corrected chi connectivity index (χ0v) is 11.2. The molecule has 1 fully saturated rings. The van der Waals surface area contributed by atoms with E-state index in [4.69, 9.17) is 11.6 Å². The van der Waals surface area contributed by atoms with Gasteiger partial charge < -0.3 is 5.11 Å². The van der Waals surface area contributed by atoms with E-state index in [0.717, 1.165) is 5.56 Å². The second kappa shape index (κ2) is 4.52. The van der Waals surface area contributed by atoms with Crippen molar-refractivity contribution >= 4 is 29.3 Å². The van der Waals surface area contributed by atoms with E-state index in [9.17, 15) is 9.90 Å². The maximum Gasteiger partial charge on any atom is 0.322 e. The minimum atomic E-state index is -0.822. The molecule has 2 rings (SSSR count). The van der Waals surface area contributed by atoms with Gasteiger partial charge in [0, 0.05) is 9.77 Å². The van der Waals surface area contributed by atoms with Gasteiger partial charge in [-0.2, -0.15) is 0 Å². The van der Waals surface area contributed by atoms with E-state index < -0.39 is 12.0 Å². The van der Waals surface area contributed by atoms with Crippen LogP contribution in [0, 0.1) is 0 Å². The normalized spacial score (nSPS) is 27.0. The van der Waals surface area contributed by atoms with Crippen LogP contribution in [0.2, 0.25) is 5.02 Å². The van der Waals surface area contributed by atoms with Crippen LogP contribution in [0.25, 0.3) is 0 Å². The summed E-state index contributed by atoms with van der Waals surface area (Å²) in [6, 6.07) is 6.96. The Kier molecular flexibility index (Phi) is 3.39. The third-order valence-electron chi connectivity index (χ3n) is 2.87. The molecule has 0 saturated carbocycles. The highest BCUT2D eigenvalue weighted by Crippen LogP contribution is 2.47. The van der Waals surface area contributed by atoms with Crippen molar-refractivity contribution in [2.75, 3.05) is 0 Å². The first-order valence-electron chi connectivity index (χ1n) is 5.33. The first-order valence-corrected chi connectivity index (χ1v) is 6.58. The lowest BCUT2D eigenvalue weighted by Gasteiger charge is -2.20. The molecule has 2 atom stereocenters. The quantitative estimate of drug-likeness (QED) is 0.868. The maximum absolute atomic E-state index is 11.2. The first-order chi connectivity index (χ1) is 7.92. The van der Waals surface area contributed by atoms with Gasteiger partial charge in [0.2, 0.25) is 0 Å². The Morgan fingerprint density at radius 2 is 2.12 bits per heavy atom. The summed E-state index contributed by atoms with van der Waals surface area (Å²) in [6.07, 6.45) is 0. The topological polar surface area (TPSA) is 49.3 Å². The van der Waals surface area contributed by atoms with Crippen molar-refractivity contribution in [2.24, 2.45) is 0 Å². The molecular weight excluding hydrogens is 258 g/mol. The number of nitrogens with one attached hydrogen (secondary N) is 1. The van der Waals surface area contributed by atoms with Crippen LogP contribution in [0.4, 0.5) is 0 Å². The lowest BCUT2D eigenvalue weighted by atomic mass is 10.0. The number of carbonyl (C=O) groups is 1. The van der Waals surface area contributed by atoms with E-state index in [1.165, 1.54) is 0 Å². The minimum Gasteiger partial charge on any atom is -0.480 e. The fourth-order valence-corrected chi connectivity index (χ4v) is 3.73. The van der Waals surface area contributed by atoms with Crippen molar-refractivity contribution < 1.29 is 9.90 Å². The molecule has 0 bridgehead atoms. The Morgan fingerprint density at radius 3 is 2.65 bits per heavy atom. The van der Waals surface area contributed by atoms with Crippen molar-refractivity contribution in [1.29, 1.82) is 0 Å². The molecular formula is C12H14ClNO2S. The van der Waals surface area contributed by atoms with Crippen LogP contribution in [0.15, 0.2) is 24.3 Å². The summed E-state index contributed by atoms with van der Waals surface area (Å²) in [7, 11) is 0. The van der Waals surface area contributed by atoms with E-state index in [1.54, 1.807) is 11.8 Å². The highest BCUT2D eigenvalue weighted by molar-refractivity contribution is 8.01. The number of thioether (sulfide) groups is 1. The molecule has 3 nitrogen and oxygen atoms in total. The second-order valence-electron chi connectivity index (χ2n) is 4.56. The molecule has 1 heterocycles. The monoisotopic (exact) mass is 271 g/mol. The van der Waals surface area contributed by atoms with Gasteiger partial charge in [0.15, 0.2) is 0 Å². The molecule has 1 aromatic rings. The molecule has 2 N–H and O–H groups in total. The standard InChI is InChI=1S/C12H14ClNO2S/c1-12(2)9(11(15)16)14-10(17-12)7-5-3-4-6-8(7)13/h3-6,9-10,14H,1-2H3,(H,15,16). The van der Waals surface area contributed by atoms with Gasteiger partial charge in [0.05, 0.1) is 5.37 Å². The van der Waals surface area contributed by atoms with Crippen molar-refractivity contribution in [2.45, 2.75) is 30.0 Å². The lowest BCUT2D eigenvalue weighted by Crippen LogP contribution is -2.43. The lowest BCUT2D eigenvalue weighted by molar-refractivity contribution is -0.139. The minimum absolute atomic E-state index is 0.0696. The molecule has 2 unspecified atom stereocenters. The fourth-order valence-electron chi connectivity index (χ4n) is 1.97.